The van der Waals surface area contributed by atoms with E-state index in [0.717, 1.165) is 0 Å². The van der Waals surface area contributed by atoms with Crippen LogP contribution < -0.4 is 10.5 Å². The predicted molar refractivity (Wildman–Crippen MR) is 60.1 cm³/mol. The Kier molecular flexibility index (Phi) is 4.24. The van der Waals surface area contributed by atoms with Crippen LogP contribution in [0.2, 0.25) is 0 Å². The van der Waals surface area contributed by atoms with Crippen molar-refractivity contribution in [1.82, 2.24) is 0 Å². The number of nitrogens with zero attached hydrogens (tertiary/aromatic N) is 1. The Bertz CT molecular complexity index is 422. The molecule has 0 saturated carbocycles. The van der Waals surface area contributed by atoms with Gasteiger partial charge in [-0.3, -0.25) is 14.9 Å². The van der Waals surface area contributed by atoms with Crippen molar-refractivity contribution >= 4 is 27.5 Å². The average molecular weight is 289 g/mol. The molecule has 6 nitrogen and oxygen atoms in total. The second-order valence-corrected chi connectivity index (χ2v) is 3.79. The summed E-state index contributed by atoms with van der Waals surface area (Å²) in [4.78, 5) is 20.5. The van der Waals surface area contributed by atoms with Gasteiger partial charge in [0.2, 0.25) is 5.91 Å². The molecular formula is C9H9BrN2O4. The number of primary amides is 1. The third-order valence-electron chi connectivity index (χ3n) is 1.73. The van der Waals surface area contributed by atoms with Crippen LogP contribution in [0.3, 0.4) is 0 Å². The number of carbonyl (C=O) groups is 1. The molecule has 0 unspecified atom stereocenters. The first-order chi connectivity index (χ1) is 7.50. The summed E-state index contributed by atoms with van der Waals surface area (Å²) in [7, 11) is 0. The normalized spacial score (nSPS) is 9.81. The summed E-state index contributed by atoms with van der Waals surface area (Å²) in [5.74, 6) is -0.169. The Balaban J connectivity index is 2.74. The van der Waals surface area contributed by atoms with E-state index in [1.165, 1.54) is 18.2 Å². The van der Waals surface area contributed by atoms with Gasteiger partial charge < -0.3 is 10.5 Å². The van der Waals surface area contributed by atoms with Gasteiger partial charge in [0.1, 0.15) is 5.75 Å². The fraction of sp³-hybridized carbons (Fsp3) is 0.222. The molecule has 0 atom stereocenters. The first kappa shape index (κ1) is 12.4. The van der Waals surface area contributed by atoms with Crippen LogP contribution in [0.4, 0.5) is 5.69 Å². The second kappa shape index (κ2) is 5.45. The lowest BCUT2D eigenvalue weighted by Gasteiger charge is -2.06. The quantitative estimate of drug-likeness (QED) is 0.658. The smallest absolute Gasteiger partial charge is 0.273 e. The number of ether oxygens (including phenoxy) is 1. The number of nitro groups is 1. The van der Waals surface area contributed by atoms with Crippen molar-refractivity contribution in [2.45, 2.75) is 6.42 Å². The molecule has 0 bridgehead atoms. The Morgan fingerprint density at radius 2 is 2.25 bits per heavy atom. The third kappa shape index (κ3) is 3.50. The summed E-state index contributed by atoms with van der Waals surface area (Å²) in [6.07, 6.45) is 0.0646. The van der Waals surface area contributed by atoms with Gasteiger partial charge in [0.15, 0.2) is 0 Å². The number of carbonyl (C=O) groups excluding carboxylic acids is 1. The number of non-ortho nitro benzene ring substituents is 1. The summed E-state index contributed by atoms with van der Waals surface area (Å²) in [5, 5.41) is 10.5. The summed E-state index contributed by atoms with van der Waals surface area (Å²) in [5.41, 5.74) is 4.86. The summed E-state index contributed by atoms with van der Waals surface area (Å²) in [6, 6.07) is 4.15. The van der Waals surface area contributed by atoms with Crippen molar-refractivity contribution in [2.24, 2.45) is 5.73 Å². The molecule has 0 aliphatic carbocycles. The predicted octanol–water partition coefficient (Wildman–Crippen LogP) is 1.61. The van der Waals surface area contributed by atoms with E-state index in [2.05, 4.69) is 15.9 Å². The zero-order chi connectivity index (χ0) is 12.1. The van der Waals surface area contributed by atoms with Crippen LogP contribution in [0.5, 0.6) is 5.75 Å². The van der Waals surface area contributed by atoms with Crippen LogP contribution in [0.1, 0.15) is 6.42 Å². The van der Waals surface area contributed by atoms with Crippen LogP contribution in [-0.4, -0.2) is 17.4 Å². The fourth-order valence-corrected chi connectivity index (χ4v) is 1.34. The van der Waals surface area contributed by atoms with E-state index in [-0.39, 0.29) is 18.7 Å². The van der Waals surface area contributed by atoms with E-state index in [1.807, 2.05) is 0 Å². The molecule has 1 rings (SSSR count). The molecule has 0 aliphatic rings. The second-order valence-electron chi connectivity index (χ2n) is 2.94. The topological polar surface area (TPSA) is 95.5 Å². The molecule has 0 fully saturated rings. The molecule has 1 amide bonds. The minimum atomic E-state index is -0.520. The number of hydrogen-bond donors (Lipinski definition) is 1. The molecular weight excluding hydrogens is 280 g/mol. The van der Waals surface area contributed by atoms with E-state index >= 15 is 0 Å². The van der Waals surface area contributed by atoms with Gasteiger partial charge >= 0.3 is 0 Å². The van der Waals surface area contributed by atoms with Gasteiger partial charge in [0.25, 0.3) is 5.69 Å². The highest BCUT2D eigenvalue weighted by atomic mass is 79.9. The van der Waals surface area contributed by atoms with Gasteiger partial charge in [-0.15, -0.1) is 0 Å². The van der Waals surface area contributed by atoms with Crippen LogP contribution in [0, 0.1) is 10.1 Å². The van der Waals surface area contributed by atoms with Gasteiger partial charge in [-0.25, -0.2) is 0 Å². The number of rotatable bonds is 5. The van der Waals surface area contributed by atoms with Gasteiger partial charge in [-0.2, -0.15) is 0 Å². The lowest BCUT2D eigenvalue weighted by molar-refractivity contribution is -0.385. The zero-order valence-electron chi connectivity index (χ0n) is 8.18. The Hall–Kier alpha value is -1.63. The molecule has 0 spiro atoms. The maximum Gasteiger partial charge on any atom is 0.273 e. The number of nitro benzene ring substituents is 1. The van der Waals surface area contributed by atoms with Gasteiger partial charge in [0, 0.05) is 6.07 Å². The highest BCUT2D eigenvalue weighted by molar-refractivity contribution is 9.10. The molecule has 0 heterocycles. The third-order valence-corrected chi connectivity index (χ3v) is 2.39. The highest BCUT2D eigenvalue weighted by Crippen LogP contribution is 2.29. The highest BCUT2D eigenvalue weighted by Gasteiger charge is 2.10. The molecule has 16 heavy (non-hydrogen) atoms. The SMILES string of the molecule is NC(=O)CCOc1cc([N+](=O)[O-])ccc1Br. The van der Waals surface area contributed by atoms with Crippen molar-refractivity contribution in [3.8, 4) is 5.75 Å². The number of amides is 1. The lowest BCUT2D eigenvalue weighted by atomic mass is 10.3. The monoisotopic (exact) mass is 288 g/mol. The van der Waals surface area contributed by atoms with Crippen molar-refractivity contribution in [3.63, 3.8) is 0 Å². The first-order valence-electron chi connectivity index (χ1n) is 4.35. The molecule has 0 saturated heterocycles. The molecule has 0 radical (unpaired) electrons. The van der Waals surface area contributed by atoms with Crippen LogP contribution in [0.15, 0.2) is 22.7 Å². The van der Waals surface area contributed by atoms with Crippen molar-refractivity contribution in [1.29, 1.82) is 0 Å². The molecule has 0 aromatic heterocycles. The van der Waals surface area contributed by atoms with E-state index in [0.29, 0.717) is 10.2 Å². The molecule has 1 aromatic rings. The first-order valence-corrected chi connectivity index (χ1v) is 5.15. The summed E-state index contributed by atoms with van der Waals surface area (Å²) in [6.45, 7) is 0.0924. The molecule has 7 heteroatoms. The van der Waals surface area contributed by atoms with E-state index < -0.39 is 10.8 Å². The van der Waals surface area contributed by atoms with Crippen LogP contribution in [0.25, 0.3) is 0 Å². The number of hydrogen-bond acceptors (Lipinski definition) is 4. The van der Waals surface area contributed by atoms with E-state index in [1.54, 1.807) is 0 Å². The molecule has 86 valence electrons. The van der Waals surface area contributed by atoms with Gasteiger partial charge in [0.05, 0.1) is 28.5 Å². The van der Waals surface area contributed by atoms with Crippen molar-refractivity contribution < 1.29 is 14.5 Å². The number of benzene rings is 1. The number of nitrogens with two attached hydrogens (primary N) is 1. The molecule has 0 aliphatic heterocycles. The largest absolute Gasteiger partial charge is 0.492 e. The minimum absolute atomic E-state index is 0.0646. The van der Waals surface area contributed by atoms with E-state index in [4.69, 9.17) is 10.5 Å². The van der Waals surface area contributed by atoms with Crippen LogP contribution >= 0.6 is 15.9 Å². The fourth-order valence-electron chi connectivity index (χ4n) is 0.978. The summed E-state index contributed by atoms with van der Waals surface area (Å²) < 4.78 is 5.77. The van der Waals surface area contributed by atoms with Crippen molar-refractivity contribution in [3.05, 3.63) is 32.8 Å². The van der Waals surface area contributed by atoms with E-state index in [9.17, 15) is 14.9 Å². The Labute approximate surface area is 99.7 Å². The average Bonchev–Trinajstić information content (AvgIpc) is 2.20. The van der Waals surface area contributed by atoms with Gasteiger partial charge in [-0.05, 0) is 22.0 Å². The Morgan fingerprint density at radius 3 is 2.81 bits per heavy atom. The van der Waals surface area contributed by atoms with Crippen LogP contribution in [-0.2, 0) is 4.79 Å². The Morgan fingerprint density at radius 1 is 1.56 bits per heavy atom. The maximum absolute atomic E-state index is 10.5. The number of halogens is 1. The standard InChI is InChI=1S/C9H9BrN2O4/c10-7-2-1-6(12(14)15)5-8(7)16-4-3-9(11)13/h1-2,5H,3-4H2,(H2,11,13). The zero-order valence-corrected chi connectivity index (χ0v) is 9.77. The molecule has 2 N–H and O–H groups in total. The van der Waals surface area contributed by atoms with Gasteiger partial charge in [-0.1, -0.05) is 0 Å². The van der Waals surface area contributed by atoms with Crippen molar-refractivity contribution in [2.75, 3.05) is 6.61 Å². The maximum atomic E-state index is 10.5. The lowest BCUT2D eigenvalue weighted by Crippen LogP contribution is -2.14. The minimum Gasteiger partial charge on any atom is -0.492 e. The summed E-state index contributed by atoms with van der Waals surface area (Å²) >= 11 is 3.18. The molecule has 1 aromatic carbocycles.